The number of aromatic nitrogens is 2. The van der Waals surface area contributed by atoms with Gasteiger partial charge in [-0.3, -0.25) is 4.79 Å². The fourth-order valence-corrected chi connectivity index (χ4v) is 3.79. The first-order valence-electron chi connectivity index (χ1n) is 8.67. The first kappa shape index (κ1) is 16.8. The zero-order chi connectivity index (χ0) is 17.9. The van der Waals surface area contributed by atoms with Crippen molar-refractivity contribution >= 4 is 40.0 Å². The van der Waals surface area contributed by atoms with Gasteiger partial charge < -0.3 is 10.4 Å². The van der Waals surface area contributed by atoms with Crippen molar-refractivity contribution in [3.05, 3.63) is 54.2 Å². The van der Waals surface area contributed by atoms with Crippen molar-refractivity contribution in [1.29, 1.82) is 0 Å². The van der Waals surface area contributed by atoms with E-state index in [4.69, 9.17) is 5.11 Å². The monoisotopic (exact) mass is 365 g/mol. The molecule has 2 aromatic carbocycles. The van der Waals surface area contributed by atoms with Crippen molar-refractivity contribution in [2.75, 3.05) is 11.1 Å². The molecule has 4 rings (SSSR count). The number of hydrogen-bond acceptors (Lipinski definition) is 5. The van der Waals surface area contributed by atoms with Gasteiger partial charge in [-0.25, -0.2) is 9.97 Å². The summed E-state index contributed by atoms with van der Waals surface area (Å²) in [6.45, 7) is 0. The maximum absolute atomic E-state index is 10.6. The largest absolute Gasteiger partial charge is 0.481 e. The standard InChI is InChI=1S/C20H19N3O2S/c24-19(25)10-12-26-20-21-11-9-18(23-20)22-17-8-7-14(13-5-6-13)15-3-1-2-4-16(15)17/h1-4,7-9,11,13H,5-6,10,12H2,(H,24,25)(H,21,22,23). The maximum atomic E-state index is 10.6. The number of carboxylic acid groups (broad SMARTS) is 1. The predicted octanol–water partition coefficient (Wildman–Crippen LogP) is 4.82. The van der Waals surface area contributed by atoms with Crippen LogP contribution in [-0.4, -0.2) is 26.8 Å². The Morgan fingerprint density at radius 3 is 2.73 bits per heavy atom. The molecule has 1 fully saturated rings. The van der Waals surface area contributed by atoms with Gasteiger partial charge in [0, 0.05) is 23.0 Å². The highest BCUT2D eigenvalue weighted by Crippen LogP contribution is 2.44. The minimum Gasteiger partial charge on any atom is -0.481 e. The average Bonchev–Trinajstić information content (AvgIpc) is 3.47. The summed E-state index contributed by atoms with van der Waals surface area (Å²) < 4.78 is 0. The van der Waals surface area contributed by atoms with E-state index in [2.05, 4.69) is 51.7 Å². The zero-order valence-corrected chi connectivity index (χ0v) is 15.0. The molecule has 1 aromatic heterocycles. The molecule has 2 N–H and O–H groups in total. The molecule has 0 bridgehead atoms. The summed E-state index contributed by atoms with van der Waals surface area (Å²) in [5.41, 5.74) is 2.45. The van der Waals surface area contributed by atoms with Gasteiger partial charge in [0.25, 0.3) is 0 Å². The van der Waals surface area contributed by atoms with Crippen LogP contribution in [0, 0.1) is 0 Å². The lowest BCUT2D eigenvalue weighted by Crippen LogP contribution is -1.99. The fourth-order valence-electron chi connectivity index (χ4n) is 3.03. The molecule has 132 valence electrons. The van der Waals surface area contributed by atoms with Crippen LogP contribution in [0.3, 0.4) is 0 Å². The number of aliphatic carboxylic acids is 1. The molecule has 5 nitrogen and oxygen atoms in total. The summed E-state index contributed by atoms with van der Waals surface area (Å²) in [5.74, 6) is 1.05. The van der Waals surface area contributed by atoms with Gasteiger partial charge >= 0.3 is 5.97 Å². The SMILES string of the molecule is O=C(O)CCSc1nccc(Nc2ccc(C3CC3)c3ccccc23)n1. The van der Waals surface area contributed by atoms with Crippen molar-refractivity contribution in [2.24, 2.45) is 0 Å². The van der Waals surface area contributed by atoms with Crippen molar-refractivity contribution in [3.8, 4) is 0 Å². The quantitative estimate of drug-likeness (QED) is 0.462. The topological polar surface area (TPSA) is 75.1 Å². The van der Waals surface area contributed by atoms with Crippen LogP contribution in [0.15, 0.2) is 53.8 Å². The summed E-state index contributed by atoms with van der Waals surface area (Å²) in [6.07, 6.45) is 4.34. The number of nitrogens with one attached hydrogen (secondary N) is 1. The van der Waals surface area contributed by atoms with Crippen LogP contribution in [0.5, 0.6) is 0 Å². The number of rotatable bonds is 7. The second-order valence-corrected chi connectivity index (χ2v) is 7.43. The van der Waals surface area contributed by atoms with Crippen molar-refractivity contribution < 1.29 is 9.90 Å². The molecule has 0 unspecified atom stereocenters. The molecule has 1 aliphatic rings. The third-order valence-electron chi connectivity index (χ3n) is 4.42. The summed E-state index contributed by atoms with van der Waals surface area (Å²) in [5, 5.41) is 15.2. The molecular weight excluding hydrogens is 346 g/mol. The number of hydrogen-bond donors (Lipinski definition) is 2. The smallest absolute Gasteiger partial charge is 0.304 e. The lowest BCUT2D eigenvalue weighted by Gasteiger charge is -2.13. The number of benzene rings is 2. The Balaban J connectivity index is 1.58. The molecule has 0 spiro atoms. The van der Waals surface area contributed by atoms with E-state index in [1.807, 2.05) is 6.07 Å². The van der Waals surface area contributed by atoms with Crippen LogP contribution < -0.4 is 5.32 Å². The van der Waals surface area contributed by atoms with E-state index in [9.17, 15) is 4.79 Å². The third-order valence-corrected chi connectivity index (χ3v) is 5.28. The number of thioether (sulfide) groups is 1. The number of anilines is 2. The summed E-state index contributed by atoms with van der Waals surface area (Å²) in [6, 6.07) is 14.6. The van der Waals surface area contributed by atoms with Gasteiger partial charge in [-0.15, -0.1) is 0 Å². The molecule has 1 saturated carbocycles. The molecule has 0 saturated heterocycles. The van der Waals surface area contributed by atoms with Crippen LogP contribution in [0.2, 0.25) is 0 Å². The van der Waals surface area contributed by atoms with Crippen LogP contribution in [0.25, 0.3) is 10.8 Å². The van der Waals surface area contributed by atoms with E-state index in [-0.39, 0.29) is 6.42 Å². The van der Waals surface area contributed by atoms with E-state index in [0.717, 1.165) is 5.69 Å². The molecule has 0 amide bonds. The Kier molecular flexibility index (Phi) is 4.75. The summed E-state index contributed by atoms with van der Waals surface area (Å²) >= 11 is 1.35. The van der Waals surface area contributed by atoms with Crippen LogP contribution in [-0.2, 0) is 4.79 Å². The van der Waals surface area contributed by atoms with E-state index in [1.165, 1.54) is 40.9 Å². The zero-order valence-electron chi connectivity index (χ0n) is 14.2. The van der Waals surface area contributed by atoms with Crippen LogP contribution in [0.4, 0.5) is 11.5 Å². The Hall–Kier alpha value is -2.60. The van der Waals surface area contributed by atoms with Gasteiger partial charge in [-0.1, -0.05) is 42.1 Å². The second kappa shape index (κ2) is 7.33. The molecule has 1 aliphatic carbocycles. The third kappa shape index (κ3) is 3.80. The molecule has 3 aromatic rings. The Bertz CT molecular complexity index is 957. The number of carboxylic acids is 1. The second-order valence-electron chi connectivity index (χ2n) is 6.36. The van der Waals surface area contributed by atoms with Gasteiger partial charge in [0.15, 0.2) is 5.16 Å². The summed E-state index contributed by atoms with van der Waals surface area (Å²) in [7, 11) is 0. The summed E-state index contributed by atoms with van der Waals surface area (Å²) in [4.78, 5) is 19.3. The lowest BCUT2D eigenvalue weighted by molar-refractivity contribution is -0.136. The maximum Gasteiger partial charge on any atom is 0.304 e. The average molecular weight is 365 g/mol. The van der Waals surface area contributed by atoms with Crippen molar-refractivity contribution in [3.63, 3.8) is 0 Å². The van der Waals surface area contributed by atoms with Gasteiger partial charge in [0.1, 0.15) is 5.82 Å². The molecule has 1 heterocycles. The van der Waals surface area contributed by atoms with E-state index in [1.54, 1.807) is 6.20 Å². The highest BCUT2D eigenvalue weighted by atomic mass is 32.2. The van der Waals surface area contributed by atoms with Gasteiger partial charge in [-0.05, 0) is 41.8 Å². The highest BCUT2D eigenvalue weighted by Gasteiger charge is 2.25. The Labute approximate surface area is 155 Å². The van der Waals surface area contributed by atoms with Crippen LogP contribution >= 0.6 is 11.8 Å². The first-order chi connectivity index (χ1) is 12.7. The normalized spacial score (nSPS) is 13.7. The molecule has 26 heavy (non-hydrogen) atoms. The Morgan fingerprint density at radius 2 is 1.96 bits per heavy atom. The molecular formula is C20H19N3O2S. The van der Waals surface area contributed by atoms with Crippen molar-refractivity contribution in [2.45, 2.75) is 30.3 Å². The van der Waals surface area contributed by atoms with Crippen molar-refractivity contribution in [1.82, 2.24) is 9.97 Å². The molecule has 0 radical (unpaired) electrons. The fraction of sp³-hybridized carbons (Fsp3) is 0.250. The minimum absolute atomic E-state index is 0.0962. The van der Waals surface area contributed by atoms with Gasteiger partial charge in [0.2, 0.25) is 0 Å². The van der Waals surface area contributed by atoms with Crippen LogP contribution in [0.1, 0.15) is 30.7 Å². The van der Waals surface area contributed by atoms with Gasteiger partial charge in [-0.2, -0.15) is 0 Å². The minimum atomic E-state index is -0.811. The van der Waals surface area contributed by atoms with E-state index < -0.39 is 5.97 Å². The van der Waals surface area contributed by atoms with E-state index >= 15 is 0 Å². The lowest BCUT2D eigenvalue weighted by atomic mass is 9.99. The number of fused-ring (bicyclic) bond motifs is 1. The number of nitrogens with zero attached hydrogens (tertiary/aromatic N) is 2. The van der Waals surface area contributed by atoms with E-state index in [0.29, 0.717) is 22.6 Å². The Morgan fingerprint density at radius 1 is 1.15 bits per heavy atom. The highest BCUT2D eigenvalue weighted by molar-refractivity contribution is 7.99. The molecule has 0 aliphatic heterocycles. The predicted molar refractivity (Wildman–Crippen MR) is 104 cm³/mol. The number of carbonyl (C=O) groups is 1. The van der Waals surface area contributed by atoms with Gasteiger partial charge in [0.05, 0.1) is 6.42 Å². The molecule has 0 atom stereocenters. The molecule has 6 heteroatoms. The first-order valence-corrected chi connectivity index (χ1v) is 9.65.